The van der Waals surface area contributed by atoms with Crippen LogP contribution in [0, 0.1) is 5.92 Å². The van der Waals surface area contributed by atoms with Crippen LogP contribution in [0.2, 0.25) is 0 Å². The number of carbonyl (C=O) groups excluding carboxylic acids is 1. The summed E-state index contributed by atoms with van der Waals surface area (Å²) in [5, 5.41) is 7.20. The van der Waals surface area contributed by atoms with Crippen LogP contribution in [0.1, 0.15) is 54.3 Å². The minimum atomic E-state index is -4.52. The second kappa shape index (κ2) is 8.55. The van der Waals surface area contributed by atoms with Gasteiger partial charge in [-0.1, -0.05) is 13.0 Å². The average Bonchev–Trinajstić information content (AvgIpc) is 3.21. The fraction of sp³-hybridized carbons (Fsp3) is 0.545. The second-order valence-electron chi connectivity index (χ2n) is 8.44. The molecule has 3 heterocycles. The fourth-order valence-electron chi connectivity index (χ4n) is 4.34. The van der Waals surface area contributed by atoms with E-state index in [0.29, 0.717) is 36.1 Å². The quantitative estimate of drug-likeness (QED) is 0.743. The number of amides is 1. The maximum absolute atomic E-state index is 14.0. The zero-order chi connectivity index (χ0) is 23.0. The number of likely N-dealkylation sites (tertiary alicyclic amines) is 1. The first-order valence-electron chi connectivity index (χ1n) is 10.6. The minimum Gasteiger partial charge on any atom is -0.493 e. The van der Waals surface area contributed by atoms with Crippen molar-refractivity contribution >= 4 is 11.7 Å². The molecule has 2 aliphatic heterocycles. The van der Waals surface area contributed by atoms with E-state index in [4.69, 9.17) is 9.47 Å². The molecule has 1 saturated heterocycles. The molecule has 2 atom stereocenters. The Balaban J connectivity index is 1.64. The summed E-state index contributed by atoms with van der Waals surface area (Å²) in [6, 6.07) is 3.98. The van der Waals surface area contributed by atoms with Gasteiger partial charge in [0.25, 0.3) is 5.91 Å². The van der Waals surface area contributed by atoms with E-state index in [9.17, 15) is 18.0 Å². The van der Waals surface area contributed by atoms with E-state index in [1.54, 1.807) is 23.1 Å². The molecule has 32 heavy (non-hydrogen) atoms. The third-order valence-electron chi connectivity index (χ3n) is 6.29. The first-order valence-corrected chi connectivity index (χ1v) is 10.6. The Morgan fingerprint density at radius 1 is 1.12 bits per heavy atom. The smallest absolute Gasteiger partial charge is 0.410 e. The Hall–Kier alpha value is -2.91. The molecule has 0 aliphatic carbocycles. The molecule has 0 radical (unpaired) electrons. The van der Waals surface area contributed by atoms with Gasteiger partial charge in [0.1, 0.15) is 5.82 Å². The SMILES string of the molecule is COc1ccc([C@H]2C[C@H](C(F)(F)F)n3nc(C(=O)N4CCC(C)CC4)cc3N2)cc1OC. The van der Waals surface area contributed by atoms with Gasteiger partial charge in [-0.05, 0) is 36.5 Å². The predicted octanol–water partition coefficient (Wildman–Crippen LogP) is 4.43. The van der Waals surface area contributed by atoms with Crippen LogP contribution in [0.25, 0.3) is 0 Å². The highest BCUT2D eigenvalue weighted by atomic mass is 19.4. The van der Waals surface area contributed by atoms with Gasteiger partial charge in [-0.15, -0.1) is 0 Å². The van der Waals surface area contributed by atoms with Crippen LogP contribution in [-0.4, -0.2) is 54.1 Å². The summed E-state index contributed by atoms with van der Waals surface area (Å²) < 4.78 is 53.3. The number of alkyl halides is 3. The maximum atomic E-state index is 14.0. The highest BCUT2D eigenvalue weighted by Gasteiger charge is 2.47. The topological polar surface area (TPSA) is 68.6 Å². The molecular formula is C22H27F3N4O3. The largest absolute Gasteiger partial charge is 0.493 e. The van der Waals surface area contributed by atoms with Crippen molar-refractivity contribution in [2.45, 2.75) is 44.4 Å². The van der Waals surface area contributed by atoms with Crippen molar-refractivity contribution in [3.8, 4) is 11.5 Å². The number of nitrogens with zero attached hydrogens (tertiary/aromatic N) is 3. The van der Waals surface area contributed by atoms with Crippen molar-refractivity contribution in [2.75, 3.05) is 32.6 Å². The molecule has 2 aromatic rings. The molecule has 1 amide bonds. The molecule has 1 N–H and O–H groups in total. The predicted molar refractivity (Wildman–Crippen MR) is 112 cm³/mol. The Labute approximate surface area is 184 Å². The first kappa shape index (κ1) is 22.3. The van der Waals surface area contributed by atoms with Gasteiger partial charge in [0, 0.05) is 25.6 Å². The number of carbonyl (C=O) groups is 1. The lowest BCUT2D eigenvalue weighted by atomic mass is 9.96. The lowest BCUT2D eigenvalue weighted by Crippen LogP contribution is -2.38. The monoisotopic (exact) mass is 452 g/mol. The third kappa shape index (κ3) is 4.22. The van der Waals surface area contributed by atoms with E-state index in [-0.39, 0.29) is 23.8 Å². The third-order valence-corrected chi connectivity index (χ3v) is 6.29. The zero-order valence-corrected chi connectivity index (χ0v) is 18.3. The van der Waals surface area contributed by atoms with Crippen LogP contribution >= 0.6 is 0 Å². The van der Waals surface area contributed by atoms with E-state index >= 15 is 0 Å². The normalized spacial score (nSPS) is 21.6. The Morgan fingerprint density at radius 3 is 2.44 bits per heavy atom. The van der Waals surface area contributed by atoms with Crippen LogP contribution in [-0.2, 0) is 0 Å². The van der Waals surface area contributed by atoms with Crippen LogP contribution in [0.15, 0.2) is 24.3 Å². The van der Waals surface area contributed by atoms with Gasteiger partial charge in [-0.25, -0.2) is 4.68 Å². The highest BCUT2D eigenvalue weighted by Crippen LogP contribution is 2.44. The molecule has 7 nitrogen and oxygen atoms in total. The Morgan fingerprint density at radius 2 is 1.81 bits per heavy atom. The highest BCUT2D eigenvalue weighted by molar-refractivity contribution is 5.93. The molecule has 0 saturated carbocycles. The lowest BCUT2D eigenvalue weighted by Gasteiger charge is -2.33. The van der Waals surface area contributed by atoms with Gasteiger partial charge >= 0.3 is 6.18 Å². The van der Waals surface area contributed by atoms with Gasteiger partial charge < -0.3 is 19.7 Å². The number of aromatic nitrogens is 2. The molecule has 4 rings (SSSR count). The zero-order valence-electron chi connectivity index (χ0n) is 18.3. The number of rotatable bonds is 4. The Bertz CT molecular complexity index is 983. The minimum absolute atomic E-state index is 0.0317. The summed E-state index contributed by atoms with van der Waals surface area (Å²) in [6.45, 7) is 3.31. The number of fused-ring (bicyclic) bond motifs is 1. The fourth-order valence-corrected chi connectivity index (χ4v) is 4.34. The maximum Gasteiger partial charge on any atom is 0.410 e. The molecule has 1 fully saturated rings. The van der Waals surface area contributed by atoms with Gasteiger partial charge in [-0.3, -0.25) is 4.79 Å². The van der Waals surface area contributed by atoms with E-state index in [1.165, 1.54) is 20.3 Å². The molecule has 1 aromatic heterocycles. The number of hydrogen-bond acceptors (Lipinski definition) is 5. The summed E-state index contributed by atoms with van der Waals surface area (Å²) in [5.41, 5.74) is 0.659. The molecule has 2 aliphatic rings. The van der Waals surface area contributed by atoms with Crippen molar-refractivity contribution < 1.29 is 27.4 Å². The number of hydrogen-bond donors (Lipinski definition) is 1. The second-order valence-corrected chi connectivity index (χ2v) is 8.44. The summed E-state index contributed by atoms with van der Waals surface area (Å²) in [6.07, 6.45) is -3.02. The van der Waals surface area contributed by atoms with Crippen LogP contribution in [0.5, 0.6) is 11.5 Å². The molecule has 0 unspecified atom stereocenters. The van der Waals surface area contributed by atoms with Gasteiger partial charge in [0.15, 0.2) is 23.2 Å². The summed E-state index contributed by atoms with van der Waals surface area (Å²) in [4.78, 5) is 14.6. The standard InChI is InChI=1S/C22H27F3N4O3/c1-13-6-8-28(9-7-13)21(30)16-12-20-26-15(11-19(22(23,24)25)29(20)27-16)14-4-5-17(31-2)18(10-14)32-3/h4-5,10,12-13,15,19,26H,6-9,11H2,1-3H3/t15-,19-/m1/s1. The molecule has 0 spiro atoms. The van der Waals surface area contributed by atoms with Crippen molar-refractivity contribution in [2.24, 2.45) is 5.92 Å². The Kier molecular flexibility index (Phi) is 5.96. The van der Waals surface area contributed by atoms with Crippen molar-refractivity contribution in [3.63, 3.8) is 0 Å². The van der Waals surface area contributed by atoms with Crippen molar-refractivity contribution in [1.29, 1.82) is 0 Å². The van der Waals surface area contributed by atoms with Gasteiger partial charge in [0.2, 0.25) is 0 Å². The van der Waals surface area contributed by atoms with Crippen molar-refractivity contribution in [1.82, 2.24) is 14.7 Å². The molecule has 0 bridgehead atoms. The van der Waals surface area contributed by atoms with Gasteiger partial charge in [0.05, 0.1) is 20.3 Å². The van der Waals surface area contributed by atoms with Gasteiger partial charge in [-0.2, -0.15) is 18.3 Å². The van der Waals surface area contributed by atoms with E-state index in [0.717, 1.165) is 17.5 Å². The number of nitrogens with one attached hydrogen (secondary N) is 1. The number of benzene rings is 1. The van der Waals surface area contributed by atoms with Crippen molar-refractivity contribution in [3.05, 3.63) is 35.5 Å². The summed E-state index contributed by atoms with van der Waals surface area (Å²) in [7, 11) is 2.97. The number of ether oxygens (including phenoxy) is 2. The van der Waals surface area contributed by atoms with E-state index in [2.05, 4.69) is 17.3 Å². The van der Waals surface area contributed by atoms with E-state index < -0.39 is 18.3 Å². The molecule has 1 aromatic carbocycles. The molecule has 174 valence electrons. The number of piperidine rings is 1. The number of anilines is 1. The van der Waals surface area contributed by atoms with Crippen LogP contribution in [0.3, 0.4) is 0 Å². The van der Waals surface area contributed by atoms with Crippen LogP contribution in [0.4, 0.5) is 19.0 Å². The summed E-state index contributed by atoms with van der Waals surface area (Å²) >= 11 is 0. The molecular weight excluding hydrogens is 425 g/mol. The average molecular weight is 452 g/mol. The lowest BCUT2D eigenvalue weighted by molar-refractivity contribution is -0.173. The number of methoxy groups -OCH3 is 2. The first-order chi connectivity index (χ1) is 15.2. The number of halogens is 3. The molecule has 10 heteroatoms. The van der Waals surface area contributed by atoms with E-state index in [1.807, 2.05) is 0 Å². The summed E-state index contributed by atoms with van der Waals surface area (Å²) in [5.74, 6) is 1.31. The van der Waals surface area contributed by atoms with Crippen LogP contribution < -0.4 is 14.8 Å².